The van der Waals surface area contributed by atoms with Crippen LogP contribution in [0.25, 0.3) is 0 Å². The number of benzene rings is 2. The SMILES string of the molecule is CC(C)(C)OC[C@H](O)CN(Cc1cccc(Cl)c1)C[C@@H]1CC(c2ccc(Cl)c(Cl)c2)=NO1. The summed E-state index contributed by atoms with van der Waals surface area (Å²) >= 11 is 18.3. The zero-order valence-corrected chi connectivity index (χ0v) is 20.8. The summed E-state index contributed by atoms with van der Waals surface area (Å²) in [5, 5.41) is 16.5. The topological polar surface area (TPSA) is 54.3 Å². The second-order valence-corrected chi connectivity index (χ2v) is 10.3. The van der Waals surface area contributed by atoms with Crippen LogP contribution in [0.1, 0.15) is 38.3 Å². The minimum atomic E-state index is -0.634. The summed E-state index contributed by atoms with van der Waals surface area (Å²) < 4.78 is 5.75. The van der Waals surface area contributed by atoms with Gasteiger partial charge in [0.1, 0.15) is 6.10 Å². The van der Waals surface area contributed by atoms with Gasteiger partial charge in [0.2, 0.25) is 0 Å². The number of ether oxygens (including phenoxy) is 1. The van der Waals surface area contributed by atoms with Gasteiger partial charge in [-0.05, 0) is 50.6 Å². The molecule has 0 radical (unpaired) electrons. The molecule has 3 rings (SSSR count). The molecule has 5 nitrogen and oxygen atoms in total. The van der Waals surface area contributed by atoms with Crippen molar-refractivity contribution < 1.29 is 14.7 Å². The molecule has 1 heterocycles. The highest BCUT2D eigenvalue weighted by atomic mass is 35.5. The molecule has 0 bridgehead atoms. The summed E-state index contributed by atoms with van der Waals surface area (Å²) in [4.78, 5) is 7.85. The Kier molecular flexibility index (Phi) is 8.84. The summed E-state index contributed by atoms with van der Waals surface area (Å²) in [5.41, 5.74) is 2.47. The van der Waals surface area contributed by atoms with Gasteiger partial charge in [0, 0.05) is 36.6 Å². The third-order valence-electron chi connectivity index (χ3n) is 4.92. The van der Waals surface area contributed by atoms with Gasteiger partial charge in [0.25, 0.3) is 0 Å². The predicted octanol–water partition coefficient (Wildman–Crippen LogP) is 5.82. The Morgan fingerprint density at radius 1 is 1.16 bits per heavy atom. The van der Waals surface area contributed by atoms with E-state index in [1.807, 2.05) is 51.1 Å². The molecule has 174 valence electrons. The van der Waals surface area contributed by atoms with Crippen molar-refractivity contribution in [1.29, 1.82) is 0 Å². The molecule has 0 amide bonds. The zero-order chi connectivity index (χ0) is 23.3. The normalized spacial score (nSPS) is 17.4. The van der Waals surface area contributed by atoms with Crippen LogP contribution >= 0.6 is 34.8 Å². The summed E-state index contributed by atoms with van der Waals surface area (Å²) in [6.07, 6.45) is -0.141. The molecule has 2 aromatic carbocycles. The second-order valence-electron chi connectivity index (χ2n) is 9.00. The van der Waals surface area contributed by atoms with E-state index < -0.39 is 6.10 Å². The van der Waals surface area contributed by atoms with Gasteiger partial charge in [-0.25, -0.2) is 0 Å². The highest BCUT2D eigenvalue weighted by Crippen LogP contribution is 2.26. The van der Waals surface area contributed by atoms with E-state index in [1.165, 1.54) is 0 Å². The van der Waals surface area contributed by atoms with E-state index in [9.17, 15) is 5.11 Å². The Morgan fingerprint density at radius 2 is 1.94 bits per heavy atom. The van der Waals surface area contributed by atoms with Crippen molar-refractivity contribution in [2.75, 3.05) is 19.7 Å². The molecule has 32 heavy (non-hydrogen) atoms. The fourth-order valence-electron chi connectivity index (χ4n) is 3.45. The minimum absolute atomic E-state index is 0.144. The standard InChI is InChI=1S/C24H29Cl3N2O3/c1-24(2,3)31-15-19(30)13-29(12-16-5-4-6-18(25)9-16)14-20-11-23(28-32-20)17-7-8-21(26)22(27)10-17/h4-10,19-20,30H,11-15H2,1-3H3/t19-,20+/m1/s1. The van der Waals surface area contributed by atoms with Gasteiger partial charge in [-0.2, -0.15) is 0 Å². The summed E-state index contributed by atoms with van der Waals surface area (Å²) in [5.74, 6) is 0. The lowest BCUT2D eigenvalue weighted by Crippen LogP contribution is -2.40. The number of oxime groups is 1. The minimum Gasteiger partial charge on any atom is -0.390 e. The number of aliphatic hydroxyl groups excluding tert-OH is 1. The third kappa shape index (κ3) is 7.91. The first-order valence-electron chi connectivity index (χ1n) is 10.6. The number of halogens is 3. The van der Waals surface area contributed by atoms with Crippen molar-refractivity contribution in [3.8, 4) is 0 Å². The predicted molar refractivity (Wildman–Crippen MR) is 131 cm³/mol. The fourth-order valence-corrected chi connectivity index (χ4v) is 3.97. The molecule has 1 N–H and O–H groups in total. The number of hydrogen-bond acceptors (Lipinski definition) is 5. The van der Waals surface area contributed by atoms with Crippen LogP contribution < -0.4 is 0 Å². The number of hydrogen-bond donors (Lipinski definition) is 1. The molecule has 1 aliphatic rings. The van der Waals surface area contributed by atoms with Crippen LogP contribution in [-0.4, -0.2) is 53.2 Å². The first-order valence-corrected chi connectivity index (χ1v) is 11.7. The highest BCUT2D eigenvalue weighted by Gasteiger charge is 2.26. The Hall–Kier alpha value is -1.34. The molecular weight excluding hydrogens is 471 g/mol. The average Bonchev–Trinajstić information content (AvgIpc) is 3.16. The van der Waals surface area contributed by atoms with Crippen molar-refractivity contribution >= 4 is 40.5 Å². The van der Waals surface area contributed by atoms with Gasteiger partial charge in [-0.3, -0.25) is 4.90 Å². The van der Waals surface area contributed by atoms with Gasteiger partial charge >= 0.3 is 0 Å². The molecule has 0 aromatic heterocycles. The Balaban J connectivity index is 1.64. The van der Waals surface area contributed by atoms with E-state index in [2.05, 4.69) is 10.1 Å². The van der Waals surface area contributed by atoms with Gasteiger partial charge in [-0.1, -0.05) is 58.2 Å². The zero-order valence-electron chi connectivity index (χ0n) is 18.5. The lowest BCUT2D eigenvalue weighted by molar-refractivity contribution is -0.0600. The number of rotatable bonds is 9. The number of nitrogens with zero attached hydrogens (tertiary/aromatic N) is 2. The second kappa shape index (κ2) is 11.2. The van der Waals surface area contributed by atoms with Crippen LogP contribution in [0.4, 0.5) is 0 Å². The molecule has 0 saturated carbocycles. The molecule has 0 aliphatic carbocycles. The monoisotopic (exact) mass is 498 g/mol. The van der Waals surface area contributed by atoms with Crippen LogP contribution in [0.5, 0.6) is 0 Å². The third-order valence-corrected chi connectivity index (χ3v) is 5.89. The van der Waals surface area contributed by atoms with Crippen LogP contribution in [-0.2, 0) is 16.1 Å². The van der Waals surface area contributed by atoms with E-state index in [0.717, 1.165) is 16.8 Å². The molecular formula is C24H29Cl3N2O3. The number of aliphatic hydroxyl groups is 1. The quantitative estimate of drug-likeness (QED) is 0.472. The first-order chi connectivity index (χ1) is 15.1. The molecule has 0 fully saturated rings. The Labute approximate surface area is 204 Å². The first kappa shape index (κ1) is 25.3. The average molecular weight is 500 g/mol. The summed E-state index contributed by atoms with van der Waals surface area (Å²) in [7, 11) is 0. The van der Waals surface area contributed by atoms with Crippen LogP contribution in [0.15, 0.2) is 47.6 Å². The van der Waals surface area contributed by atoms with Crippen molar-refractivity contribution in [3.63, 3.8) is 0 Å². The molecule has 0 spiro atoms. The van der Waals surface area contributed by atoms with Crippen molar-refractivity contribution in [1.82, 2.24) is 4.90 Å². The van der Waals surface area contributed by atoms with Crippen LogP contribution in [0, 0.1) is 0 Å². The van der Waals surface area contributed by atoms with Gasteiger partial charge in [0.15, 0.2) is 0 Å². The Morgan fingerprint density at radius 3 is 2.62 bits per heavy atom. The van der Waals surface area contributed by atoms with Gasteiger partial charge in [-0.15, -0.1) is 0 Å². The van der Waals surface area contributed by atoms with E-state index >= 15 is 0 Å². The van der Waals surface area contributed by atoms with E-state index in [0.29, 0.717) is 41.1 Å². The van der Waals surface area contributed by atoms with Gasteiger partial charge < -0.3 is 14.7 Å². The Bertz CT molecular complexity index is 946. The summed E-state index contributed by atoms with van der Waals surface area (Å²) in [6, 6.07) is 13.2. The lowest BCUT2D eigenvalue weighted by atomic mass is 10.0. The van der Waals surface area contributed by atoms with Crippen LogP contribution in [0.3, 0.4) is 0 Å². The largest absolute Gasteiger partial charge is 0.390 e. The smallest absolute Gasteiger partial charge is 0.145 e. The fraction of sp³-hybridized carbons (Fsp3) is 0.458. The van der Waals surface area contributed by atoms with Crippen molar-refractivity contribution in [3.05, 3.63) is 68.7 Å². The van der Waals surface area contributed by atoms with Crippen molar-refractivity contribution in [2.45, 2.75) is 51.5 Å². The molecule has 8 heteroatoms. The van der Waals surface area contributed by atoms with E-state index in [4.69, 9.17) is 44.4 Å². The highest BCUT2D eigenvalue weighted by molar-refractivity contribution is 6.42. The lowest BCUT2D eigenvalue weighted by Gasteiger charge is -2.28. The van der Waals surface area contributed by atoms with Gasteiger partial charge in [0.05, 0.1) is 34.1 Å². The molecule has 1 aliphatic heterocycles. The summed E-state index contributed by atoms with van der Waals surface area (Å²) in [6.45, 7) is 7.81. The van der Waals surface area contributed by atoms with E-state index in [1.54, 1.807) is 12.1 Å². The molecule has 2 atom stereocenters. The maximum absolute atomic E-state index is 10.6. The maximum Gasteiger partial charge on any atom is 0.145 e. The van der Waals surface area contributed by atoms with Crippen LogP contribution in [0.2, 0.25) is 15.1 Å². The molecule has 0 unspecified atom stereocenters. The molecule has 2 aromatic rings. The maximum atomic E-state index is 10.6. The molecule has 0 saturated heterocycles. The van der Waals surface area contributed by atoms with E-state index in [-0.39, 0.29) is 18.3 Å². The van der Waals surface area contributed by atoms with Crippen molar-refractivity contribution in [2.24, 2.45) is 5.16 Å².